The molecule has 0 amide bonds. The number of hydrogen-bond acceptors (Lipinski definition) is 4. The monoisotopic (exact) mass is 270 g/mol. The molecule has 1 aliphatic rings. The third-order valence-electron chi connectivity index (χ3n) is 3.92. The lowest BCUT2D eigenvalue weighted by Crippen LogP contribution is -2.37. The maximum atomic E-state index is 11.2. The highest BCUT2D eigenvalue weighted by molar-refractivity contribution is 5.69. The van der Waals surface area contributed by atoms with Crippen LogP contribution in [0, 0.1) is 0 Å². The lowest BCUT2D eigenvalue weighted by molar-refractivity contribution is -0.143. The largest absolute Gasteiger partial charge is 0.466 e. The molecule has 1 fully saturated rings. The number of carbonyl (C=O) groups excluding carboxylic acids is 1. The van der Waals surface area contributed by atoms with E-state index in [9.17, 15) is 4.79 Å². The number of esters is 1. The summed E-state index contributed by atoms with van der Waals surface area (Å²) in [5.41, 5.74) is 0. The van der Waals surface area contributed by atoms with Gasteiger partial charge in [0.05, 0.1) is 6.61 Å². The number of carbonyl (C=O) groups is 1. The molecule has 0 aromatic heterocycles. The SMILES string of the molecule is CCOC(=O)CCCCCN(C)CC1CCCN1C. The fourth-order valence-electron chi connectivity index (χ4n) is 2.72. The first-order valence-corrected chi connectivity index (χ1v) is 7.68. The standard InChI is InChI=1S/C15H30N2O2/c1-4-19-15(18)10-6-5-7-11-16(2)13-14-9-8-12-17(14)3/h14H,4-13H2,1-3H3. The van der Waals surface area contributed by atoms with Crippen molar-refractivity contribution >= 4 is 5.97 Å². The summed E-state index contributed by atoms with van der Waals surface area (Å²) in [7, 11) is 4.43. The van der Waals surface area contributed by atoms with E-state index in [1.54, 1.807) is 0 Å². The van der Waals surface area contributed by atoms with Gasteiger partial charge in [0.2, 0.25) is 0 Å². The van der Waals surface area contributed by atoms with Crippen molar-refractivity contribution in [2.75, 3.05) is 40.3 Å². The number of ether oxygens (including phenoxy) is 1. The van der Waals surface area contributed by atoms with Crippen LogP contribution < -0.4 is 0 Å². The number of likely N-dealkylation sites (tertiary alicyclic amines) is 1. The molecule has 0 spiro atoms. The van der Waals surface area contributed by atoms with Crippen molar-refractivity contribution in [1.82, 2.24) is 9.80 Å². The van der Waals surface area contributed by atoms with Crippen molar-refractivity contribution < 1.29 is 9.53 Å². The Balaban J connectivity index is 1.98. The minimum atomic E-state index is -0.0524. The van der Waals surface area contributed by atoms with Gasteiger partial charge in [-0.1, -0.05) is 6.42 Å². The van der Waals surface area contributed by atoms with E-state index in [1.807, 2.05) is 6.92 Å². The van der Waals surface area contributed by atoms with Crippen LogP contribution in [-0.4, -0.2) is 62.1 Å². The van der Waals surface area contributed by atoms with Gasteiger partial charge in [-0.15, -0.1) is 0 Å². The molecule has 0 N–H and O–H groups in total. The van der Waals surface area contributed by atoms with E-state index in [0.29, 0.717) is 13.0 Å². The zero-order valence-electron chi connectivity index (χ0n) is 12.9. The van der Waals surface area contributed by atoms with E-state index in [-0.39, 0.29) is 5.97 Å². The lowest BCUT2D eigenvalue weighted by atomic mass is 10.1. The number of rotatable bonds is 9. The number of likely N-dealkylation sites (N-methyl/N-ethyl adjacent to an activating group) is 2. The first-order valence-electron chi connectivity index (χ1n) is 7.68. The molecule has 0 bridgehead atoms. The summed E-state index contributed by atoms with van der Waals surface area (Å²) in [6.45, 7) is 5.91. The summed E-state index contributed by atoms with van der Waals surface area (Å²) in [5.74, 6) is -0.0524. The molecule has 4 nitrogen and oxygen atoms in total. The Kier molecular flexibility index (Phi) is 8.07. The Morgan fingerprint density at radius 3 is 2.79 bits per heavy atom. The van der Waals surface area contributed by atoms with E-state index >= 15 is 0 Å². The van der Waals surface area contributed by atoms with E-state index in [0.717, 1.165) is 25.4 Å². The summed E-state index contributed by atoms with van der Waals surface area (Å²) in [6.07, 6.45) is 6.49. The average Bonchev–Trinajstić information content (AvgIpc) is 2.75. The fourth-order valence-corrected chi connectivity index (χ4v) is 2.72. The van der Waals surface area contributed by atoms with Crippen LogP contribution >= 0.6 is 0 Å². The Morgan fingerprint density at radius 2 is 2.16 bits per heavy atom. The van der Waals surface area contributed by atoms with Crippen LogP contribution in [0.5, 0.6) is 0 Å². The molecule has 1 saturated heterocycles. The quantitative estimate of drug-likeness (QED) is 0.475. The normalized spacial score (nSPS) is 20.1. The van der Waals surface area contributed by atoms with Crippen molar-refractivity contribution in [3.05, 3.63) is 0 Å². The molecule has 19 heavy (non-hydrogen) atoms. The summed E-state index contributed by atoms with van der Waals surface area (Å²) in [4.78, 5) is 16.1. The van der Waals surface area contributed by atoms with Crippen LogP contribution in [0.15, 0.2) is 0 Å². The molecule has 1 atom stereocenters. The first kappa shape index (κ1) is 16.4. The van der Waals surface area contributed by atoms with Gasteiger partial charge in [-0.3, -0.25) is 4.79 Å². The predicted molar refractivity (Wildman–Crippen MR) is 78.3 cm³/mol. The van der Waals surface area contributed by atoms with Crippen LogP contribution in [-0.2, 0) is 9.53 Å². The average molecular weight is 270 g/mol. The minimum absolute atomic E-state index is 0.0524. The maximum Gasteiger partial charge on any atom is 0.305 e. The van der Waals surface area contributed by atoms with Crippen LogP contribution in [0.2, 0.25) is 0 Å². The second-order valence-corrected chi connectivity index (χ2v) is 5.65. The highest BCUT2D eigenvalue weighted by Crippen LogP contribution is 2.15. The van der Waals surface area contributed by atoms with Crippen LogP contribution in [0.25, 0.3) is 0 Å². The predicted octanol–water partition coefficient (Wildman–Crippen LogP) is 2.14. The van der Waals surface area contributed by atoms with E-state index in [1.165, 1.54) is 32.4 Å². The summed E-state index contributed by atoms with van der Waals surface area (Å²) in [5, 5.41) is 0. The Bertz CT molecular complexity index is 259. The van der Waals surface area contributed by atoms with Crippen molar-refractivity contribution in [1.29, 1.82) is 0 Å². The number of nitrogens with zero attached hydrogens (tertiary/aromatic N) is 2. The molecule has 112 valence electrons. The topological polar surface area (TPSA) is 32.8 Å². The van der Waals surface area contributed by atoms with Crippen LogP contribution in [0.4, 0.5) is 0 Å². The highest BCUT2D eigenvalue weighted by atomic mass is 16.5. The molecule has 0 aliphatic carbocycles. The Labute approximate surface area is 118 Å². The summed E-state index contributed by atoms with van der Waals surface area (Å²) < 4.78 is 4.92. The third-order valence-corrected chi connectivity index (χ3v) is 3.92. The van der Waals surface area contributed by atoms with Gasteiger partial charge in [-0.25, -0.2) is 0 Å². The van der Waals surface area contributed by atoms with Gasteiger partial charge in [0.25, 0.3) is 0 Å². The second-order valence-electron chi connectivity index (χ2n) is 5.65. The van der Waals surface area contributed by atoms with Gasteiger partial charge in [-0.2, -0.15) is 0 Å². The van der Waals surface area contributed by atoms with Gasteiger partial charge < -0.3 is 14.5 Å². The zero-order valence-corrected chi connectivity index (χ0v) is 12.9. The van der Waals surface area contributed by atoms with Crippen molar-refractivity contribution in [2.45, 2.75) is 51.5 Å². The van der Waals surface area contributed by atoms with E-state index < -0.39 is 0 Å². The molecule has 1 unspecified atom stereocenters. The first-order chi connectivity index (χ1) is 9.13. The van der Waals surface area contributed by atoms with Gasteiger partial charge >= 0.3 is 5.97 Å². The van der Waals surface area contributed by atoms with Crippen LogP contribution in [0.1, 0.15) is 45.4 Å². The molecule has 1 rings (SSSR count). The molecule has 0 saturated carbocycles. The molecule has 1 heterocycles. The molecular formula is C15H30N2O2. The van der Waals surface area contributed by atoms with Gasteiger partial charge in [-0.05, 0) is 59.8 Å². The van der Waals surface area contributed by atoms with Crippen molar-refractivity contribution in [3.8, 4) is 0 Å². The highest BCUT2D eigenvalue weighted by Gasteiger charge is 2.21. The molecule has 0 aromatic carbocycles. The molecule has 4 heteroatoms. The number of hydrogen-bond donors (Lipinski definition) is 0. The summed E-state index contributed by atoms with van der Waals surface area (Å²) in [6, 6.07) is 0.740. The van der Waals surface area contributed by atoms with Crippen LogP contribution in [0.3, 0.4) is 0 Å². The lowest BCUT2D eigenvalue weighted by Gasteiger charge is -2.25. The van der Waals surface area contributed by atoms with Crippen molar-refractivity contribution in [2.24, 2.45) is 0 Å². The van der Waals surface area contributed by atoms with Gasteiger partial charge in [0.1, 0.15) is 0 Å². The zero-order chi connectivity index (χ0) is 14.1. The minimum Gasteiger partial charge on any atom is -0.466 e. The van der Waals surface area contributed by atoms with Gasteiger partial charge in [0.15, 0.2) is 0 Å². The third kappa shape index (κ3) is 6.92. The van der Waals surface area contributed by atoms with E-state index in [4.69, 9.17) is 4.74 Å². The Morgan fingerprint density at radius 1 is 1.37 bits per heavy atom. The van der Waals surface area contributed by atoms with Crippen molar-refractivity contribution in [3.63, 3.8) is 0 Å². The maximum absolute atomic E-state index is 11.2. The molecular weight excluding hydrogens is 240 g/mol. The van der Waals surface area contributed by atoms with Gasteiger partial charge in [0, 0.05) is 19.0 Å². The number of unbranched alkanes of at least 4 members (excludes halogenated alkanes) is 2. The molecule has 0 radical (unpaired) electrons. The van der Waals surface area contributed by atoms with E-state index in [2.05, 4.69) is 23.9 Å². The molecule has 0 aromatic rings. The fraction of sp³-hybridized carbons (Fsp3) is 0.933. The Hall–Kier alpha value is -0.610. The molecule has 1 aliphatic heterocycles. The summed E-state index contributed by atoms with van der Waals surface area (Å²) >= 11 is 0. The smallest absolute Gasteiger partial charge is 0.305 e. The second kappa shape index (κ2) is 9.32.